The lowest BCUT2D eigenvalue weighted by Gasteiger charge is -2.26. The Labute approximate surface area is 146 Å². The molecular weight excluding hydrogens is 320 g/mol. The molecule has 1 N–H and O–H groups in total. The maximum absolute atomic E-state index is 12.5. The molecular formula is C19H20N2O4. The Kier molecular flexibility index (Phi) is 4.61. The molecule has 6 nitrogen and oxygen atoms in total. The third-order valence-corrected chi connectivity index (χ3v) is 3.79. The highest BCUT2D eigenvalue weighted by Gasteiger charge is 2.23. The van der Waals surface area contributed by atoms with Gasteiger partial charge in [0.25, 0.3) is 11.8 Å². The lowest BCUT2D eigenvalue weighted by Crippen LogP contribution is -2.35. The van der Waals surface area contributed by atoms with Gasteiger partial charge in [-0.2, -0.15) is 0 Å². The molecule has 0 bridgehead atoms. The van der Waals surface area contributed by atoms with Crippen LogP contribution < -0.4 is 19.7 Å². The van der Waals surface area contributed by atoms with Crippen LogP contribution in [-0.4, -0.2) is 31.6 Å². The zero-order valence-corrected chi connectivity index (χ0v) is 14.4. The zero-order chi connectivity index (χ0) is 18.0. The van der Waals surface area contributed by atoms with Gasteiger partial charge < -0.3 is 19.7 Å². The van der Waals surface area contributed by atoms with Crippen molar-refractivity contribution >= 4 is 23.2 Å². The van der Waals surface area contributed by atoms with Gasteiger partial charge >= 0.3 is 0 Å². The van der Waals surface area contributed by atoms with Crippen LogP contribution in [0.3, 0.4) is 0 Å². The maximum atomic E-state index is 12.5. The number of carbonyl (C=O) groups excluding carboxylic acids is 2. The second-order valence-electron chi connectivity index (χ2n) is 6.07. The highest BCUT2D eigenvalue weighted by atomic mass is 16.5. The summed E-state index contributed by atoms with van der Waals surface area (Å²) in [5.41, 5.74) is 1.70. The summed E-state index contributed by atoms with van der Waals surface area (Å²) >= 11 is 0. The van der Waals surface area contributed by atoms with Crippen LogP contribution in [0.5, 0.6) is 11.5 Å². The van der Waals surface area contributed by atoms with Crippen molar-refractivity contribution in [3.8, 4) is 11.5 Å². The third kappa shape index (κ3) is 3.74. The minimum absolute atomic E-state index is 0.0137. The van der Waals surface area contributed by atoms with Crippen LogP contribution in [0.25, 0.3) is 0 Å². The molecule has 0 unspecified atom stereocenters. The maximum Gasteiger partial charge on any atom is 0.264 e. The van der Waals surface area contributed by atoms with Crippen molar-refractivity contribution in [3.63, 3.8) is 0 Å². The Balaban J connectivity index is 1.74. The molecule has 0 atom stereocenters. The summed E-state index contributed by atoms with van der Waals surface area (Å²) < 4.78 is 10.9. The van der Waals surface area contributed by atoms with Gasteiger partial charge in [0.2, 0.25) is 0 Å². The normalized spacial score (nSPS) is 13.3. The molecule has 2 amide bonds. The molecule has 1 aliphatic heterocycles. The number of fused-ring (bicyclic) bond motifs is 1. The summed E-state index contributed by atoms with van der Waals surface area (Å²) in [5, 5.41) is 2.83. The number of hydrogen-bond donors (Lipinski definition) is 1. The van der Waals surface area contributed by atoms with Crippen molar-refractivity contribution in [2.75, 3.05) is 23.9 Å². The molecule has 2 aromatic rings. The van der Waals surface area contributed by atoms with Crippen LogP contribution in [0.2, 0.25) is 0 Å². The monoisotopic (exact) mass is 340 g/mol. The Bertz CT molecular complexity index is 800. The number of benzene rings is 2. The minimum atomic E-state index is -0.258. The van der Waals surface area contributed by atoms with E-state index in [-0.39, 0.29) is 24.5 Å². The molecule has 6 heteroatoms. The van der Waals surface area contributed by atoms with E-state index in [1.165, 1.54) is 4.90 Å². The molecule has 1 aliphatic rings. The van der Waals surface area contributed by atoms with E-state index in [1.807, 2.05) is 26.0 Å². The van der Waals surface area contributed by atoms with Crippen LogP contribution in [0.4, 0.5) is 11.4 Å². The molecule has 2 aromatic carbocycles. The number of nitrogens with zero attached hydrogens (tertiary/aromatic N) is 1. The fourth-order valence-electron chi connectivity index (χ4n) is 2.51. The van der Waals surface area contributed by atoms with Crippen molar-refractivity contribution in [2.24, 2.45) is 0 Å². The number of likely N-dealkylation sites (N-methyl/N-ethyl adjacent to an activating group) is 1. The van der Waals surface area contributed by atoms with Gasteiger partial charge in [-0.3, -0.25) is 9.59 Å². The van der Waals surface area contributed by atoms with E-state index < -0.39 is 0 Å². The number of carbonyl (C=O) groups is 2. The predicted molar refractivity (Wildman–Crippen MR) is 95.5 cm³/mol. The highest BCUT2D eigenvalue weighted by Crippen LogP contribution is 2.32. The average molecular weight is 340 g/mol. The zero-order valence-electron chi connectivity index (χ0n) is 14.4. The van der Waals surface area contributed by atoms with E-state index in [4.69, 9.17) is 9.47 Å². The Morgan fingerprint density at radius 3 is 2.60 bits per heavy atom. The van der Waals surface area contributed by atoms with Crippen LogP contribution in [0.1, 0.15) is 24.2 Å². The average Bonchev–Trinajstić information content (AvgIpc) is 2.59. The second kappa shape index (κ2) is 6.84. The van der Waals surface area contributed by atoms with Gasteiger partial charge in [-0.1, -0.05) is 0 Å². The fraction of sp³-hybridized carbons (Fsp3) is 0.263. The lowest BCUT2D eigenvalue weighted by atomic mass is 10.1. The Morgan fingerprint density at radius 2 is 1.92 bits per heavy atom. The molecule has 0 saturated heterocycles. The molecule has 3 rings (SSSR count). The van der Waals surface area contributed by atoms with Gasteiger partial charge in [-0.25, -0.2) is 0 Å². The van der Waals surface area contributed by atoms with Gasteiger partial charge in [0, 0.05) is 18.3 Å². The topological polar surface area (TPSA) is 67.9 Å². The van der Waals surface area contributed by atoms with Crippen molar-refractivity contribution in [3.05, 3.63) is 48.0 Å². The first kappa shape index (κ1) is 16.8. The van der Waals surface area contributed by atoms with E-state index in [0.29, 0.717) is 22.7 Å². The summed E-state index contributed by atoms with van der Waals surface area (Å²) in [6, 6.07) is 12.2. The summed E-state index contributed by atoms with van der Waals surface area (Å²) in [6.07, 6.45) is 0.0952. The first-order valence-electron chi connectivity index (χ1n) is 8.05. The van der Waals surface area contributed by atoms with Crippen LogP contribution in [0.15, 0.2) is 42.5 Å². The number of amides is 2. The van der Waals surface area contributed by atoms with Gasteiger partial charge in [0.15, 0.2) is 6.61 Å². The lowest BCUT2D eigenvalue weighted by molar-refractivity contribution is -0.120. The number of ether oxygens (including phenoxy) is 2. The second-order valence-corrected chi connectivity index (χ2v) is 6.07. The number of rotatable bonds is 4. The van der Waals surface area contributed by atoms with Gasteiger partial charge in [0.1, 0.15) is 11.5 Å². The summed E-state index contributed by atoms with van der Waals surface area (Å²) in [7, 11) is 1.67. The number of hydrogen-bond acceptors (Lipinski definition) is 4. The van der Waals surface area contributed by atoms with Crippen LogP contribution in [-0.2, 0) is 4.79 Å². The quantitative estimate of drug-likeness (QED) is 0.929. The van der Waals surface area contributed by atoms with E-state index >= 15 is 0 Å². The molecule has 0 aromatic heterocycles. The smallest absolute Gasteiger partial charge is 0.264 e. The number of nitrogens with one attached hydrogen (secondary N) is 1. The van der Waals surface area contributed by atoms with Gasteiger partial charge in [-0.15, -0.1) is 0 Å². The Hall–Kier alpha value is -3.02. The minimum Gasteiger partial charge on any atom is -0.491 e. The number of anilines is 2. The van der Waals surface area contributed by atoms with Crippen LogP contribution in [0, 0.1) is 0 Å². The van der Waals surface area contributed by atoms with Crippen LogP contribution >= 0.6 is 0 Å². The predicted octanol–water partition coefficient (Wildman–Crippen LogP) is 3.08. The van der Waals surface area contributed by atoms with Crippen molar-refractivity contribution < 1.29 is 19.1 Å². The van der Waals surface area contributed by atoms with E-state index in [2.05, 4.69) is 5.32 Å². The highest BCUT2D eigenvalue weighted by molar-refractivity contribution is 6.06. The van der Waals surface area contributed by atoms with E-state index in [0.717, 1.165) is 5.75 Å². The molecule has 0 fully saturated rings. The summed E-state index contributed by atoms with van der Waals surface area (Å²) in [4.78, 5) is 25.7. The van der Waals surface area contributed by atoms with Crippen molar-refractivity contribution in [2.45, 2.75) is 20.0 Å². The molecule has 0 spiro atoms. The Morgan fingerprint density at radius 1 is 1.20 bits per heavy atom. The largest absolute Gasteiger partial charge is 0.491 e. The SMILES string of the molecule is CC(C)Oc1ccc(NC(=O)c2ccc3c(c2)N(C)C(=O)CO3)cc1. The van der Waals surface area contributed by atoms with E-state index in [1.54, 1.807) is 37.4 Å². The third-order valence-electron chi connectivity index (χ3n) is 3.79. The molecule has 0 radical (unpaired) electrons. The fourth-order valence-corrected chi connectivity index (χ4v) is 2.51. The molecule has 0 aliphatic carbocycles. The molecule has 1 heterocycles. The first-order chi connectivity index (χ1) is 11.9. The molecule has 130 valence electrons. The molecule has 0 saturated carbocycles. The van der Waals surface area contributed by atoms with Gasteiger partial charge in [0.05, 0.1) is 11.8 Å². The summed E-state index contributed by atoms with van der Waals surface area (Å²) in [5.74, 6) is 0.936. The standard InChI is InChI=1S/C19H20N2O4/c1-12(2)25-15-7-5-14(6-8-15)20-19(23)13-4-9-17-16(10-13)21(3)18(22)11-24-17/h4-10,12H,11H2,1-3H3,(H,20,23). The van der Waals surface area contributed by atoms with Crippen molar-refractivity contribution in [1.82, 2.24) is 0 Å². The first-order valence-corrected chi connectivity index (χ1v) is 8.05. The van der Waals surface area contributed by atoms with E-state index in [9.17, 15) is 9.59 Å². The van der Waals surface area contributed by atoms with Crippen molar-refractivity contribution in [1.29, 1.82) is 0 Å². The molecule has 25 heavy (non-hydrogen) atoms. The summed E-state index contributed by atoms with van der Waals surface area (Å²) in [6.45, 7) is 3.92. The van der Waals surface area contributed by atoms with Gasteiger partial charge in [-0.05, 0) is 56.3 Å².